The highest BCUT2D eigenvalue weighted by Crippen LogP contribution is 2.28. The van der Waals surface area contributed by atoms with Gasteiger partial charge < -0.3 is 9.64 Å². The quantitative estimate of drug-likeness (QED) is 0.790. The molecular formula is C20H36N2O2. The molecule has 4 heteroatoms. The van der Waals surface area contributed by atoms with Crippen LogP contribution in [0.15, 0.2) is 0 Å². The molecule has 2 heterocycles. The van der Waals surface area contributed by atoms with E-state index in [1.165, 1.54) is 32.2 Å². The van der Waals surface area contributed by atoms with Crippen LogP contribution in [-0.2, 0) is 9.53 Å². The van der Waals surface area contributed by atoms with Crippen molar-refractivity contribution in [1.29, 1.82) is 0 Å². The van der Waals surface area contributed by atoms with E-state index in [1.54, 1.807) is 0 Å². The van der Waals surface area contributed by atoms with E-state index in [-0.39, 0.29) is 0 Å². The van der Waals surface area contributed by atoms with Gasteiger partial charge in [-0.05, 0) is 43.9 Å². The summed E-state index contributed by atoms with van der Waals surface area (Å²) in [4.78, 5) is 17.6. The zero-order valence-corrected chi connectivity index (χ0v) is 15.7. The Hall–Kier alpha value is -0.610. The highest BCUT2D eigenvalue weighted by Gasteiger charge is 2.30. The molecule has 3 rings (SSSR count). The fourth-order valence-corrected chi connectivity index (χ4v) is 4.75. The van der Waals surface area contributed by atoms with Crippen molar-refractivity contribution >= 4 is 5.91 Å². The lowest BCUT2D eigenvalue weighted by Crippen LogP contribution is -2.39. The number of hydrogen-bond donors (Lipinski definition) is 0. The maximum atomic E-state index is 12.8. The van der Waals surface area contributed by atoms with Gasteiger partial charge in [-0.15, -0.1) is 0 Å². The molecule has 2 aliphatic heterocycles. The monoisotopic (exact) mass is 336 g/mol. The highest BCUT2D eigenvalue weighted by atomic mass is 16.5. The first-order valence-corrected chi connectivity index (χ1v) is 10.3. The van der Waals surface area contributed by atoms with E-state index in [4.69, 9.17) is 4.74 Å². The van der Waals surface area contributed by atoms with Crippen molar-refractivity contribution < 1.29 is 9.53 Å². The zero-order valence-electron chi connectivity index (χ0n) is 15.7. The molecule has 0 aromatic rings. The maximum Gasteiger partial charge on any atom is 0.222 e. The van der Waals surface area contributed by atoms with Gasteiger partial charge in [0.25, 0.3) is 0 Å². The predicted octanol–water partition coefficient (Wildman–Crippen LogP) is 3.30. The molecule has 24 heavy (non-hydrogen) atoms. The molecule has 3 aliphatic rings. The second-order valence-electron chi connectivity index (χ2n) is 8.46. The van der Waals surface area contributed by atoms with Crippen molar-refractivity contribution in [3.63, 3.8) is 0 Å². The summed E-state index contributed by atoms with van der Waals surface area (Å²) in [6.45, 7) is 9.43. The zero-order chi connectivity index (χ0) is 16.9. The smallest absolute Gasteiger partial charge is 0.222 e. The van der Waals surface area contributed by atoms with E-state index in [0.717, 1.165) is 58.0 Å². The minimum atomic E-state index is 0.346. The standard InChI is InChI=1S/C20H36N2O2/c1-16(2)19-14-17(8-13-24-19)15-20(23)22-10-5-9-21(11-12-22)18-6-3-4-7-18/h16-19H,3-15H2,1-2H3. The van der Waals surface area contributed by atoms with Gasteiger partial charge in [0.05, 0.1) is 6.10 Å². The summed E-state index contributed by atoms with van der Waals surface area (Å²) in [5.74, 6) is 1.46. The first kappa shape index (κ1) is 18.2. The largest absolute Gasteiger partial charge is 0.378 e. The van der Waals surface area contributed by atoms with E-state index in [2.05, 4.69) is 23.6 Å². The molecule has 0 aromatic carbocycles. The van der Waals surface area contributed by atoms with Gasteiger partial charge in [-0.3, -0.25) is 9.69 Å². The van der Waals surface area contributed by atoms with E-state index in [9.17, 15) is 4.79 Å². The van der Waals surface area contributed by atoms with Crippen LogP contribution in [0, 0.1) is 11.8 Å². The molecular weight excluding hydrogens is 300 g/mol. The lowest BCUT2D eigenvalue weighted by Gasteiger charge is -2.33. The van der Waals surface area contributed by atoms with Crippen LogP contribution in [0.5, 0.6) is 0 Å². The minimum absolute atomic E-state index is 0.346. The Kier molecular flexibility index (Phi) is 6.56. The Balaban J connectivity index is 1.46. The molecule has 2 atom stereocenters. The number of rotatable bonds is 4. The van der Waals surface area contributed by atoms with Crippen molar-refractivity contribution in [2.24, 2.45) is 11.8 Å². The number of ether oxygens (including phenoxy) is 1. The van der Waals surface area contributed by atoms with Crippen LogP contribution in [0.4, 0.5) is 0 Å². The first-order chi connectivity index (χ1) is 11.6. The third-order valence-electron chi connectivity index (χ3n) is 6.35. The molecule has 2 saturated heterocycles. The second kappa shape index (κ2) is 8.66. The van der Waals surface area contributed by atoms with Gasteiger partial charge in [0.1, 0.15) is 0 Å². The fourth-order valence-electron chi connectivity index (χ4n) is 4.75. The van der Waals surface area contributed by atoms with Crippen LogP contribution >= 0.6 is 0 Å². The van der Waals surface area contributed by atoms with Gasteiger partial charge in [0, 0.05) is 45.2 Å². The molecule has 0 N–H and O–H groups in total. The van der Waals surface area contributed by atoms with Crippen LogP contribution in [-0.4, -0.2) is 60.6 Å². The summed E-state index contributed by atoms with van der Waals surface area (Å²) in [7, 11) is 0. The van der Waals surface area contributed by atoms with Crippen LogP contribution < -0.4 is 0 Å². The number of hydrogen-bond acceptors (Lipinski definition) is 3. The molecule has 1 amide bonds. The van der Waals surface area contributed by atoms with Crippen LogP contribution in [0.25, 0.3) is 0 Å². The van der Waals surface area contributed by atoms with Gasteiger partial charge in [-0.1, -0.05) is 26.7 Å². The molecule has 2 unspecified atom stereocenters. The maximum absolute atomic E-state index is 12.8. The molecule has 0 spiro atoms. The summed E-state index contributed by atoms with van der Waals surface area (Å²) in [5, 5.41) is 0. The van der Waals surface area contributed by atoms with Crippen LogP contribution in [0.2, 0.25) is 0 Å². The summed E-state index contributed by atoms with van der Waals surface area (Å²) >= 11 is 0. The summed E-state index contributed by atoms with van der Waals surface area (Å²) in [6, 6.07) is 0.794. The SMILES string of the molecule is CC(C)C1CC(CC(=O)N2CCCN(C3CCCC3)CC2)CCO1. The molecule has 4 nitrogen and oxygen atoms in total. The number of carbonyl (C=O) groups is 1. The van der Waals surface area contributed by atoms with Gasteiger partial charge in [0.15, 0.2) is 0 Å². The van der Waals surface area contributed by atoms with E-state index in [0.29, 0.717) is 23.8 Å². The van der Waals surface area contributed by atoms with Gasteiger partial charge in [-0.2, -0.15) is 0 Å². The predicted molar refractivity (Wildman–Crippen MR) is 96.9 cm³/mol. The van der Waals surface area contributed by atoms with Crippen LogP contribution in [0.3, 0.4) is 0 Å². The normalized spacial score (nSPS) is 30.7. The lowest BCUT2D eigenvalue weighted by atomic mass is 9.88. The third kappa shape index (κ3) is 4.72. The number of amides is 1. The number of carbonyl (C=O) groups excluding carboxylic acids is 1. The van der Waals surface area contributed by atoms with Crippen molar-refractivity contribution in [1.82, 2.24) is 9.80 Å². The fraction of sp³-hybridized carbons (Fsp3) is 0.950. The number of nitrogens with zero attached hydrogens (tertiary/aromatic N) is 2. The Morgan fingerprint density at radius 1 is 1.04 bits per heavy atom. The summed E-state index contributed by atoms with van der Waals surface area (Å²) < 4.78 is 5.86. The van der Waals surface area contributed by atoms with E-state index in [1.807, 2.05) is 0 Å². The average molecular weight is 337 g/mol. The second-order valence-corrected chi connectivity index (χ2v) is 8.46. The Labute approximate surface area is 147 Å². The van der Waals surface area contributed by atoms with Crippen LogP contribution in [0.1, 0.15) is 65.2 Å². The van der Waals surface area contributed by atoms with Gasteiger partial charge in [-0.25, -0.2) is 0 Å². The molecule has 1 saturated carbocycles. The molecule has 0 radical (unpaired) electrons. The average Bonchev–Trinajstić information content (AvgIpc) is 2.99. The Morgan fingerprint density at radius 2 is 1.83 bits per heavy atom. The van der Waals surface area contributed by atoms with E-state index < -0.39 is 0 Å². The van der Waals surface area contributed by atoms with Crippen molar-refractivity contribution in [2.45, 2.75) is 77.4 Å². The van der Waals surface area contributed by atoms with Crippen molar-refractivity contribution in [3.05, 3.63) is 0 Å². The van der Waals surface area contributed by atoms with Gasteiger partial charge >= 0.3 is 0 Å². The molecule has 0 bridgehead atoms. The lowest BCUT2D eigenvalue weighted by molar-refractivity contribution is -0.133. The molecule has 138 valence electrons. The highest BCUT2D eigenvalue weighted by molar-refractivity contribution is 5.76. The Morgan fingerprint density at radius 3 is 2.58 bits per heavy atom. The summed E-state index contributed by atoms with van der Waals surface area (Å²) in [5.41, 5.74) is 0. The molecule has 0 aromatic heterocycles. The molecule has 1 aliphatic carbocycles. The van der Waals surface area contributed by atoms with Gasteiger partial charge in [0.2, 0.25) is 5.91 Å². The Bertz CT molecular complexity index is 406. The first-order valence-electron chi connectivity index (χ1n) is 10.3. The van der Waals surface area contributed by atoms with E-state index >= 15 is 0 Å². The minimum Gasteiger partial charge on any atom is -0.378 e. The third-order valence-corrected chi connectivity index (χ3v) is 6.35. The van der Waals surface area contributed by atoms with Crippen molar-refractivity contribution in [3.8, 4) is 0 Å². The van der Waals surface area contributed by atoms with Crippen molar-refractivity contribution in [2.75, 3.05) is 32.8 Å². The summed E-state index contributed by atoms with van der Waals surface area (Å²) in [6.07, 6.45) is 9.86. The molecule has 3 fully saturated rings. The topological polar surface area (TPSA) is 32.8 Å².